The van der Waals surface area contributed by atoms with Crippen molar-refractivity contribution in [2.24, 2.45) is 0 Å². The number of benzene rings is 2. The monoisotopic (exact) mass is 712 g/mol. The van der Waals surface area contributed by atoms with Gasteiger partial charge in [-0.05, 0) is 88.8 Å². The summed E-state index contributed by atoms with van der Waals surface area (Å²) >= 11 is 1.08. The van der Waals surface area contributed by atoms with E-state index in [4.69, 9.17) is 9.47 Å². The number of carbonyl (C=O) groups excluding carboxylic acids is 6. The highest BCUT2D eigenvalue weighted by molar-refractivity contribution is 7.08. The Labute approximate surface area is 301 Å². The number of nitrogens with zero attached hydrogens (tertiary/aromatic N) is 2. The number of hydrogen-bond donors (Lipinski definition) is 2. The van der Waals surface area contributed by atoms with E-state index in [9.17, 15) is 28.8 Å². The van der Waals surface area contributed by atoms with Crippen LogP contribution in [0.5, 0.6) is 0 Å². The van der Waals surface area contributed by atoms with Crippen LogP contribution in [0, 0.1) is 23.7 Å². The van der Waals surface area contributed by atoms with Gasteiger partial charge in [-0.25, -0.2) is 9.59 Å². The third kappa shape index (κ3) is 13.5. The van der Waals surface area contributed by atoms with E-state index in [0.29, 0.717) is 22.5 Å². The second kappa shape index (κ2) is 17.1. The first-order chi connectivity index (χ1) is 23.8. The van der Waals surface area contributed by atoms with Crippen LogP contribution in [0.3, 0.4) is 0 Å². The first-order valence-electron chi connectivity index (χ1n) is 15.7. The number of Topliss-reactive ketones (excluding diaryl/α,β-unsaturated/α-hetero) is 2. The van der Waals surface area contributed by atoms with E-state index >= 15 is 0 Å². The number of carbonyl (C=O) groups is 6. The van der Waals surface area contributed by atoms with Gasteiger partial charge in [0.15, 0.2) is 0 Å². The van der Waals surface area contributed by atoms with Crippen molar-refractivity contribution in [3.63, 3.8) is 0 Å². The number of ether oxygens (including phenoxy) is 2. The van der Waals surface area contributed by atoms with E-state index in [0.717, 1.165) is 11.3 Å². The standard InChI is InChI=1S/C38H40N4O8S/c1-37(2,3)49-35(47)39-27-13-9-11-25(19-27)21-41(7)33(45)17-15-31(43)29-23-51-24-30(29)32(44)16-18-34(46)42(8)22-26-12-10-14-28(20-26)40-36(48)50-38(4,5)6/h9-14,19-20,23-24H,21-22H2,1-8H3,(H,39,47)(H,40,48). The summed E-state index contributed by atoms with van der Waals surface area (Å²) in [5.74, 6) is 6.39. The van der Waals surface area contributed by atoms with E-state index in [2.05, 4.69) is 34.3 Å². The first-order valence-corrected chi connectivity index (χ1v) is 16.6. The Morgan fingerprint density at radius 1 is 0.627 bits per heavy atom. The fraction of sp³-hybridized carbons (Fsp3) is 0.316. The van der Waals surface area contributed by atoms with Gasteiger partial charge in [-0.3, -0.25) is 29.8 Å². The second-order valence-corrected chi connectivity index (χ2v) is 14.1. The number of amides is 4. The zero-order valence-electron chi connectivity index (χ0n) is 29.8. The third-order valence-electron chi connectivity index (χ3n) is 6.39. The second-order valence-electron chi connectivity index (χ2n) is 13.3. The molecule has 0 bridgehead atoms. The molecule has 0 aliphatic heterocycles. The van der Waals surface area contributed by atoms with Crippen LogP contribution in [-0.4, -0.2) is 70.7 Å². The highest BCUT2D eigenvalue weighted by Crippen LogP contribution is 2.18. The van der Waals surface area contributed by atoms with Gasteiger partial charge in [0, 0.05) is 61.2 Å². The minimum absolute atomic E-state index is 0.0294. The SMILES string of the molecule is CN(Cc1cccc(NC(=O)OC(C)(C)C)c1)C(=O)C#CC(=O)c1cscc1C(=O)C#CC(=O)N(C)Cc1cccc(NC(=O)OC(C)(C)C)c1. The minimum Gasteiger partial charge on any atom is -0.444 e. The molecule has 4 amide bonds. The Hall–Kier alpha value is -5.92. The Kier molecular flexibility index (Phi) is 13.3. The van der Waals surface area contributed by atoms with E-state index in [1.165, 1.54) is 34.7 Å². The summed E-state index contributed by atoms with van der Waals surface area (Å²) < 4.78 is 10.5. The van der Waals surface area contributed by atoms with Gasteiger partial charge in [-0.1, -0.05) is 24.3 Å². The van der Waals surface area contributed by atoms with Crippen molar-refractivity contribution >= 4 is 58.3 Å². The van der Waals surface area contributed by atoms with Crippen LogP contribution >= 0.6 is 11.3 Å². The first kappa shape index (κ1) is 39.5. The van der Waals surface area contributed by atoms with Crippen LogP contribution in [0.2, 0.25) is 0 Å². The van der Waals surface area contributed by atoms with Gasteiger partial charge in [-0.15, -0.1) is 0 Å². The Bertz CT molecular complexity index is 1810. The lowest BCUT2D eigenvalue weighted by molar-refractivity contribution is -0.125. The van der Waals surface area contributed by atoms with Crippen LogP contribution < -0.4 is 10.6 Å². The average molecular weight is 713 g/mol. The van der Waals surface area contributed by atoms with Gasteiger partial charge in [0.25, 0.3) is 11.8 Å². The molecule has 0 aliphatic rings. The summed E-state index contributed by atoms with van der Waals surface area (Å²) in [4.78, 5) is 77.9. The van der Waals surface area contributed by atoms with Crippen LogP contribution in [0.25, 0.3) is 0 Å². The Balaban J connectivity index is 1.59. The zero-order chi connectivity index (χ0) is 37.9. The summed E-state index contributed by atoms with van der Waals surface area (Å²) in [6, 6.07) is 13.7. The highest BCUT2D eigenvalue weighted by atomic mass is 32.1. The molecule has 0 fully saturated rings. The van der Waals surface area contributed by atoms with Crippen molar-refractivity contribution in [2.75, 3.05) is 24.7 Å². The van der Waals surface area contributed by atoms with Gasteiger partial charge in [-0.2, -0.15) is 11.3 Å². The molecule has 2 N–H and O–H groups in total. The number of ketones is 2. The largest absolute Gasteiger partial charge is 0.444 e. The van der Waals surface area contributed by atoms with Gasteiger partial charge in [0.1, 0.15) is 11.2 Å². The van der Waals surface area contributed by atoms with Crippen LogP contribution in [0.4, 0.5) is 21.0 Å². The quantitative estimate of drug-likeness (QED) is 0.161. The van der Waals surface area contributed by atoms with Crippen molar-refractivity contribution < 1.29 is 38.2 Å². The molecule has 13 heteroatoms. The zero-order valence-corrected chi connectivity index (χ0v) is 30.6. The number of hydrogen-bond acceptors (Lipinski definition) is 9. The van der Waals surface area contributed by atoms with Gasteiger partial charge < -0.3 is 19.3 Å². The fourth-order valence-corrected chi connectivity index (χ4v) is 5.03. The van der Waals surface area contributed by atoms with E-state index < -0.39 is 46.8 Å². The van der Waals surface area contributed by atoms with Crippen LogP contribution in [-0.2, 0) is 32.2 Å². The number of thiophene rings is 1. The van der Waals surface area contributed by atoms with Crippen molar-refractivity contribution in [1.29, 1.82) is 0 Å². The van der Waals surface area contributed by atoms with Crippen LogP contribution in [0.1, 0.15) is 73.4 Å². The molecule has 0 unspecified atom stereocenters. The lowest BCUT2D eigenvalue weighted by atomic mass is 10.1. The summed E-state index contributed by atoms with van der Waals surface area (Å²) in [6.45, 7) is 10.8. The highest BCUT2D eigenvalue weighted by Gasteiger charge is 2.19. The summed E-state index contributed by atoms with van der Waals surface area (Å²) in [5, 5.41) is 8.14. The van der Waals surface area contributed by atoms with Crippen molar-refractivity contribution in [1.82, 2.24) is 9.80 Å². The normalized spacial score (nSPS) is 10.7. The molecule has 3 aromatic rings. The average Bonchev–Trinajstić information content (AvgIpc) is 3.51. The van der Waals surface area contributed by atoms with E-state index in [1.54, 1.807) is 90.1 Å². The minimum atomic E-state index is -0.755. The molecule has 0 aliphatic carbocycles. The van der Waals surface area contributed by atoms with Crippen molar-refractivity contribution in [2.45, 2.75) is 65.8 Å². The molecule has 0 saturated carbocycles. The number of rotatable bonds is 8. The Morgan fingerprint density at radius 3 is 1.35 bits per heavy atom. The van der Waals surface area contributed by atoms with Gasteiger partial charge in [0.2, 0.25) is 11.6 Å². The summed E-state index contributed by atoms with van der Waals surface area (Å²) in [7, 11) is 3.02. The number of anilines is 2. The smallest absolute Gasteiger partial charge is 0.412 e. The third-order valence-corrected chi connectivity index (χ3v) is 7.14. The van der Waals surface area contributed by atoms with Crippen molar-refractivity contribution in [3.8, 4) is 23.7 Å². The van der Waals surface area contributed by atoms with Gasteiger partial charge >= 0.3 is 12.2 Å². The molecule has 12 nitrogen and oxygen atoms in total. The molecular weight excluding hydrogens is 673 g/mol. The fourth-order valence-electron chi connectivity index (χ4n) is 4.22. The van der Waals surface area contributed by atoms with Crippen LogP contribution in [0.15, 0.2) is 59.3 Å². The summed E-state index contributed by atoms with van der Waals surface area (Å²) in [5.41, 5.74) is 0.972. The predicted octanol–water partition coefficient (Wildman–Crippen LogP) is 6.13. The van der Waals surface area contributed by atoms with Crippen molar-refractivity contribution in [3.05, 3.63) is 81.5 Å². The maximum absolute atomic E-state index is 12.9. The molecule has 266 valence electrons. The predicted molar refractivity (Wildman–Crippen MR) is 194 cm³/mol. The maximum Gasteiger partial charge on any atom is 0.412 e. The maximum atomic E-state index is 12.9. The molecule has 1 heterocycles. The van der Waals surface area contributed by atoms with E-state index in [1.807, 2.05) is 0 Å². The molecule has 51 heavy (non-hydrogen) atoms. The summed E-state index contributed by atoms with van der Waals surface area (Å²) in [6.07, 6.45) is -1.22. The topological polar surface area (TPSA) is 151 Å². The lowest BCUT2D eigenvalue weighted by Crippen LogP contribution is -2.27. The molecule has 2 aromatic carbocycles. The molecule has 0 saturated heterocycles. The number of nitrogens with one attached hydrogen (secondary N) is 2. The molecule has 0 atom stereocenters. The molecule has 0 radical (unpaired) electrons. The molecular formula is C38H40N4O8S. The van der Waals surface area contributed by atoms with Gasteiger partial charge in [0.05, 0.1) is 11.1 Å². The molecule has 1 aromatic heterocycles. The van der Waals surface area contributed by atoms with E-state index in [-0.39, 0.29) is 24.2 Å². The molecule has 0 spiro atoms. The Morgan fingerprint density at radius 2 is 1.00 bits per heavy atom. The lowest BCUT2D eigenvalue weighted by Gasteiger charge is -2.20. The molecule has 3 rings (SSSR count).